The standard InChI is InChI=1S/C12H10FN3O2/c13-9-3-1-2-4-10(9)18-12-8(11(15)17)5-7(14)6-16-12/h1-6H,14H2,(H2,15,17). The zero-order chi connectivity index (χ0) is 13.1. The molecular formula is C12H10FN3O2. The van der Waals surface area contributed by atoms with Crippen molar-refractivity contribution in [2.24, 2.45) is 5.73 Å². The fourth-order valence-electron chi connectivity index (χ4n) is 1.36. The fraction of sp³-hybridized carbons (Fsp3) is 0. The summed E-state index contributed by atoms with van der Waals surface area (Å²) < 4.78 is 18.6. The first-order valence-corrected chi connectivity index (χ1v) is 5.05. The van der Waals surface area contributed by atoms with Crippen LogP contribution in [0.25, 0.3) is 0 Å². The van der Waals surface area contributed by atoms with Gasteiger partial charge in [-0.25, -0.2) is 9.37 Å². The van der Waals surface area contributed by atoms with Crippen LogP contribution < -0.4 is 16.2 Å². The maximum atomic E-state index is 13.4. The number of hydrogen-bond donors (Lipinski definition) is 2. The van der Waals surface area contributed by atoms with Crippen molar-refractivity contribution in [2.75, 3.05) is 5.73 Å². The molecule has 0 fully saturated rings. The second-order valence-electron chi connectivity index (χ2n) is 3.52. The van der Waals surface area contributed by atoms with Crippen molar-refractivity contribution in [3.8, 4) is 11.6 Å². The number of ether oxygens (including phenoxy) is 1. The number of nitrogens with zero attached hydrogens (tertiary/aromatic N) is 1. The summed E-state index contributed by atoms with van der Waals surface area (Å²) in [6.07, 6.45) is 1.29. The van der Waals surface area contributed by atoms with Gasteiger partial charge in [0.2, 0.25) is 5.88 Å². The number of anilines is 1. The van der Waals surface area contributed by atoms with E-state index in [0.29, 0.717) is 0 Å². The number of nitrogen functional groups attached to an aromatic ring is 1. The minimum absolute atomic E-state index is 0.00162. The van der Waals surface area contributed by atoms with Crippen molar-refractivity contribution in [3.05, 3.63) is 47.9 Å². The number of nitrogens with two attached hydrogens (primary N) is 2. The van der Waals surface area contributed by atoms with Gasteiger partial charge in [-0.2, -0.15) is 0 Å². The molecule has 0 radical (unpaired) electrons. The Kier molecular flexibility index (Phi) is 3.09. The second-order valence-corrected chi connectivity index (χ2v) is 3.52. The highest BCUT2D eigenvalue weighted by molar-refractivity contribution is 5.95. The van der Waals surface area contributed by atoms with Crippen molar-refractivity contribution >= 4 is 11.6 Å². The highest BCUT2D eigenvalue weighted by Crippen LogP contribution is 2.26. The van der Waals surface area contributed by atoms with Gasteiger partial charge in [-0.1, -0.05) is 12.1 Å². The van der Waals surface area contributed by atoms with Gasteiger partial charge in [-0.15, -0.1) is 0 Å². The van der Waals surface area contributed by atoms with E-state index in [1.165, 1.54) is 30.5 Å². The largest absolute Gasteiger partial charge is 0.435 e. The molecule has 92 valence electrons. The Hall–Kier alpha value is -2.63. The van der Waals surface area contributed by atoms with E-state index in [4.69, 9.17) is 16.2 Å². The quantitative estimate of drug-likeness (QED) is 0.863. The average molecular weight is 247 g/mol. The summed E-state index contributed by atoms with van der Waals surface area (Å²) in [6, 6.07) is 7.09. The molecule has 0 aliphatic carbocycles. The molecule has 6 heteroatoms. The van der Waals surface area contributed by atoms with Crippen LogP contribution in [0.2, 0.25) is 0 Å². The van der Waals surface area contributed by atoms with Crippen molar-refractivity contribution in [1.29, 1.82) is 0 Å². The number of carbonyl (C=O) groups is 1. The number of rotatable bonds is 3. The first kappa shape index (κ1) is 11.8. The minimum atomic E-state index is -0.749. The van der Waals surface area contributed by atoms with Crippen LogP contribution in [0.5, 0.6) is 11.6 Å². The molecule has 0 aliphatic heterocycles. The Balaban J connectivity index is 2.41. The Morgan fingerprint density at radius 1 is 1.33 bits per heavy atom. The molecule has 2 rings (SSSR count). The Morgan fingerprint density at radius 2 is 2.06 bits per heavy atom. The number of carbonyl (C=O) groups excluding carboxylic acids is 1. The van der Waals surface area contributed by atoms with Gasteiger partial charge in [0.15, 0.2) is 11.6 Å². The number of primary amides is 1. The minimum Gasteiger partial charge on any atom is -0.435 e. The maximum Gasteiger partial charge on any atom is 0.254 e. The summed E-state index contributed by atoms with van der Waals surface area (Å²) in [6.45, 7) is 0. The lowest BCUT2D eigenvalue weighted by atomic mass is 10.2. The first-order chi connectivity index (χ1) is 8.58. The number of pyridine rings is 1. The molecular weight excluding hydrogens is 237 g/mol. The molecule has 0 saturated heterocycles. The lowest BCUT2D eigenvalue weighted by Gasteiger charge is -2.08. The van der Waals surface area contributed by atoms with Gasteiger partial charge < -0.3 is 16.2 Å². The van der Waals surface area contributed by atoms with Crippen LogP contribution in [0.4, 0.5) is 10.1 Å². The van der Waals surface area contributed by atoms with E-state index >= 15 is 0 Å². The number of hydrogen-bond acceptors (Lipinski definition) is 4. The van der Waals surface area contributed by atoms with Crippen LogP contribution in [0, 0.1) is 5.82 Å². The fourth-order valence-corrected chi connectivity index (χ4v) is 1.36. The normalized spacial score (nSPS) is 10.1. The van der Waals surface area contributed by atoms with E-state index in [0.717, 1.165) is 0 Å². The van der Waals surface area contributed by atoms with Gasteiger partial charge in [0.05, 0.1) is 11.9 Å². The molecule has 0 aliphatic rings. The molecule has 0 bridgehead atoms. The van der Waals surface area contributed by atoms with Crippen molar-refractivity contribution < 1.29 is 13.9 Å². The van der Waals surface area contributed by atoms with Gasteiger partial charge in [-0.05, 0) is 18.2 Å². The van der Waals surface area contributed by atoms with E-state index in [2.05, 4.69) is 4.98 Å². The van der Waals surface area contributed by atoms with Gasteiger partial charge in [-0.3, -0.25) is 4.79 Å². The number of para-hydroxylation sites is 1. The summed E-state index contributed by atoms with van der Waals surface area (Å²) in [7, 11) is 0. The van der Waals surface area contributed by atoms with Crippen LogP contribution in [-0.4, -0.2) is 10.9 Å². The number of amides is 1. The predicted molar refractivity (Wildman–Crippen MR) is 63.6 cm³/mol. The van der Waals surface area contributed by atoms with E-state index < -0.39 is 11.7 Å². The topological polar surface area (TPSA) is 91.2 Å². The lowest BCUT2D eigenvalue weighted by Crippen LogP contribution is -2.13. The molecule has 5 nitrogen and oxygen atoms in total. The SMILES string of the molecule is NC(=O)c1cc(N)cnc1Oc1ccccc1F. The molecule has 0 spiro atoms. The number of aromatic nitrogens is 1. The zero-order valence-electron chi connectivity index (χ0n) is 9.26. The lowest BCUT2D eigenvalue weighted by molar-refractivity contribution is 0.0997. The predicted octanol–water partition coefficient (Wildman–Crippen LogP) is 1.69. The van der Waals surface area contributed by atoms with Crippen LogP contribution in [-0.2, 0) is 0 Å². The molecule has 2 aromatic rings. The van der Waals surface area contributed by atoms with Crippen LogP contribution in [0.1, 0.15) is 10.4 Å². The Labute approximate surface area is 102 Å². The molecule has 1 amide bonds. The van der Waals surface area contributed by atoms with Gasteiger partial charge in [0.25, 0.3) is 5.91 Å². The third-order valence-electron chi connectivity index (χ3n) is 2.18. The molecule has 18 heavy (non-hydrogen) atoms. The average Bonchev–Trinajstić information content (AvgIpc) is 2.34. The van der Waals surface area contributed by atoms with Gasteiger partial charge in [0.1, 0.15) is 5.56 Å². The van der Waals surface area contributed by atoms with E-state index in [1.54, 1.807) is 6.07 Å². The maximum absolute atomic E-state index is 13.4. The Morgan fingerprint density at radius 3 is 2.72 bits per heavy atom. The van der Waals surface area contributed by atoms with Crippen LogP contribution in [0.15, 0.2) is 36.5 Å². The van der Waals surface area contributed by atoms with Gasteiger partial charge >= 0.3 is 0 Å². The molecule has 4 N–H and O–H groups in total. The zero-order valence-corrected chi connectivity index (χ0v) is 9.26. The molecule has 1 heterocycles. The van der Waals surface area contributed by atoms with Gasteiger partial charge in [0, 0.05) is 0 Å². The smallest absolute Gasteiger partial charge is 0.254 e. The monoisotopic (exact) mass is 247 g/mol. The van der Waals surface area contributed by atoms with Crippen molar-refractivity contribution in [3.63, 3.8) is 0 Å². The molecule has 0 unspecified atom stereocenters. The van der Waals surface area contributed by atoms with Crippen LogP contribution in [0.3, 0.4) is 0 Å². The van der Waals surface area contributed by atoms with Crippen LogP contribution >= 0.6 is 0 Å². The summed E-state index contributed by atoms with van der Waals surface area (Å²) in [5.74, 6) is -1.44. The molecule has 0 atom stereocenters. The highest BCUT2D eigenvalue weighted by atomic mass is 19.1. The molecule has 1 aromatic heterocycles. The van der Waals surface area contributed by atoms with E-state index in [9.17, 15) is 9.18 Å². The van der Waals surface area contributed by atoms with E-state index in [-0.39, 0.29) is 22.9 Å². The summed E-state index contributed by atoms with van der Waals surface area (Å²) >= 11 is 0. The van der Waals surface area contributed by atoms with Crippen molar-refractivity contribution in [1.82, 2.24) is 4.98 Å². The van der Waals surface area contributed by atoms with Crippen molar-refractivity contribution in [2.45, 2.75) is 0 Å². The number of halogens is 1. The molecule has 0 saturated carbocycles. The Bertz CT molecular complexity index is 602. The third-order valence-corrected chi connectivity index (χ3v) is 2.18. The number of benzene rings is 1. The summed E-state index contributed by atoms with van der Waals surface area (Å²) in [4.78, 5) is 15.0. The summed E-state index contributed by atoms with van der Waals surface area (Å²) in [5.41, 5.74) is 10.9. The first-order valence-electron chi connectivity index (χ1n) is 5.05. The molecule has 1 aromatic carbocycles. The summed E-state index contributed by atoms with van der Waals surface area (Å²) in [5, 5.41) is 0. The van der Waals surface area contributed by atoms with E-state index in [1.807, 2.05) is 0 Å². The highest BCUT2D eigenvalue weighted by Gasteiger charge is 2.14. The third kappa shape index (κ3) is 2.37. The second kappa shape index (κ2) is 4.70.